The summed E-state index contributed by atoms with van der Waals surface area (Å²) in [4.78, 5) is 25.7. The molecule has 1 N–H and O–H groups in total. The molecule has 0 saturated heterocycles. The maximum atomic E-state index is 12.2. The first kappa shape index (κ1) is 15.3. The summed E-state index contributed by atoms with van der Waals surface area (Å²) >= 11 is 0. The Labute approximate surface area is 124 Å². The molecule has 0 aliphatic carbocycles. The number of hydrogen-bond acceptors (Lipinski definition) is 4. The van der Waals surface area contributed by atoms with E-state index in [2.05, 4.69) is 5.32 Å². The van der Waals surface area contributed by atoms with Gasteiger partial charge in [-0.2, -0.15) is 0 Å². The van der Waals surface area contributed by atoms with E-state index in [1.165, 1.54) is 4.90 Å². The number of rotatable bonds is 5. The Kier molecular flexibility index (Phi) is 4.80. The number of nitrogens with zero attached hydrogens (tertiary/aromatic N) is 1. The predicted octanol–water partition coefficient (Wildman–Crippen LogP) is 0.952. The van der Waals surface area contributed by atoms with Crippen molar-refractivity contribution < 1.29 is 19.1 Å². The van der Waals surface area contributed by atoms with E-state index in [1.54, 1.807) is 26.2 Å². The van der Waals surface area contributed by atoms with Crippen LogP contribution in [0.5, 0.6) is 5.75 Å². The molecular weight excluding hydrogens is 272 g/mol. The predicted molar refractivity (Wildman–Crippen MR) is 78.4 cm³/mol. The first-order valence-electron chi connectivity index (χ1n) is 6.88. The van der Waals surface area contributed by atoms with Gasteiger partial charge in [0.1, 0.15) is 12.3 Å². The van der Waals surface area contributed by atoms with Gasteiger partial charge in [-0.05, 0) is 26.0 Å². The van der Waals surface area contributed by atoms with Gasteiger partial charge in [0.25, 0.3) is 5.91 Å². The van der Waals surface area contributed by atoms with E-state index < -0.39 is 6.10 Å². The van der Waals surface area contributed by atoms with Crippen LogP contribution in [0.3, 0.4) is 0 Å². The van der Waals surface area contributed by atoms with Gasteiger partial charge in [0, 0.05) is 13.2 Å². The molecule has 6 heteroatoms. The Bertz CT molecular complexity index is 532. The van der Waals surface area contributed by atoms with E-state index in [0.29, 0.717) is 18.0 Å². The first-order chi connectivity index (χ1) is 10.0. The number of amides is 2. The maximum absolute atomic E-state index is 12.2. The lowest BCUT2D eigenvalue weighted by atomic mass is 10.2. The highest BCUT2D eigenvalue weighted by Gasteiger charge is 2.32. The van der Waals surface area contributed by atoms with Gasteiger partial charge in [0.05, 0.1) is 12.3 Å². The summed E-state index contributed by atoms with van der Waals surface area (Å²) in [5.41, 5.74) is 0.621. The molecule has 0 spiro atoms. The second-order valence-electron chi connectivity index (χ2n) is 5.08. The number of nitrogens with one attached hydrogen (secondary N) is 1. The topological polar surface area (TPSA) is 67.9 Å². The standard InChI is InChI=1S/C15H20N2O4/c1-10(9-20-3)16-14(18)8-17-12-6-4-5-7-13(12)21-11(2)15(17)19/h4-7,10-11H,8-9H2,1-3H3,(H,16,18). The molecular formula is C15H20N2O4. The van der Waals surface area contributed by atoms with Crippen molar-refractivity contribution in [1.82, 2.24) is 5.32 Å². The van der Waals surface area contributed by atoms with Gasteiger partial charge in [0.15, 0.2) is 6.10 Å². The minimum absolute atomic E-state index is 0.0302. The van der Waals surface area contributed by atoms with Crippen LogP contribution in [0.25, 0.3) is 0 Å². The highest BCUT2D eigenvalue weighted by Crippen LogP contribution is 2.33. The van der Waals surface area contributed by atoms with Crippen LogP contribution in [0.1, 0.15) is 13.8 Å². The summed E-state index contributed by atoms with van der Waals surface area (Å²) < 4.78 is 10.5. The van der Waals surface area contributed by atoms with Crippen molar-refractivity contribution in [1.29, 1.82) is 0 Å². The van der Waals surface area contributed by atoms with E-state index in [1.807, 2.05) is 19.1 Å². The molecule has 21 heavy (non-hydrogen) atoms. The van der Waals surface area contributed by atoms with Crippen molar-refractivity contribution in [3.63, 3.8) is 0 Å². The molecule has 1 aliphatic rings. The number of benzene rings is 1. The zero-order valence-corrected chi connectivity index (χ0v) is 12.5. The molecule has 0 radical (unpaired) electrons. The van der Waals surface area contributed by atoms with Crippen molar-refractivity contribution in [3.05, 3.63) is 24.3 Å². The number of para-hydroxylation sites is 2. The molecule has 1 aliphatic heterocycles. The second-order valence-corrected chi connectivity index (χ2v) is 5.08. The SMILES string of the molecule is COCC(C)NC(=O)CN1C(=O)C(C)Oc2ccccc21. The third kappa shape index (κ3) is 3.52. The number of carbonyl (C=O) groups excluding carboxylic acids is 2. The molecule has 1 heterocycles. The van der Waals surface area contributed by atoms with Gasteiger partial charge in [0.2, 0.25) is 5.91 Å². The van der Waals surface area contributed by atoms with E-state index >= 15 is 0 Å². The zero-order valence-electron chi connectivity index (χ0n) is 12.5. The molecule has 0 bridgehead atoms. The van der Waals surface area contributed by atoms with E-state index in [9.17, 15) is 9.59 Å². The average Bonchev–Trinajstić information content (AvgIpc) is 2.44. The van der Waals surface area contributed by atoms with Gasteiger partial charge in [-0.1, -0.05) is 12.1 Å². The van der Waals surface area contributed by atoms with Crippen LogP contribution in [0.2, 0.25) is 0 Å². The Morgan fingerprint density at radius 2 is 2.19 bits per heavy atom. The first-order valence-corrected chi connectivity index (χ1v) is 6.88. The largest absolute Gasteiger partial charge is 0.479 e. The number of anilines is 1. The second kappa shape index (κ2) is 6.58. The minimum atomic E-state index is -0.593. The lowest BCUT2D eigenvalue weighted by Crippen LogP contribution is -2.50. The quantitative estimate of drug-likeness (QED) is 0.877. The molecule has 2 rings (SSSR count). The maximum Gasteiger partial charge on any atom is 0.268 e. The summed E-state index contributed by atoms with van der Waals surface area (Å²) in [6.07, 6.45) is -0.593. The van der Waals surface area contributed by atoms with Crippen molar-refractivity contribution in [2.24, 2.45) is 0 Å². The summed E-state index contributed by atoms with van der Waals surface area (Å²) in [5.74, 6) is 0.169. The van der Waals surface area contributed by atoms with Crippen molar-refractivity contribution in [2.45, 2.75) is 26.0 Å². The van der Waals surface area contributed by atoms with Crippen LogP contribution < -0.4 is 15.0 Å². The van der Waals surface area contributed by atoms with E-state index in [0.717, 1.165) is 0 Å². The molecule has 0 aromatic heterocycles. The zero-order chi connectivity index (χ0) is 15.4. The Balaban J connectivity index is 2.11. The molecule has 2 unspecified atom stereocenters. The monoisotopic (exact) mass is 292 g/mol. The Morgan fingerprint density at radius 3 is 2.90 bits per heavy atom. The van der Waals surface area contributed by atoms with Gasteiger partial charge in [-0.3, -0.25) is 14.5 Å². The number of hydrogen-bond donors (Lipinski definition) is 1. The highest BCUT2D eigenvalue weighted by atomic mass is 16.5. The number of carbonyl (C=O) groups is 2. The smallest absolute Gasteiger partial charge is 0.268 e. The lowest BCUT2D eigenvalue weighted by molar-refractivity contribution is -0.128. The molecule has 2 amide bonds. The van der Waals surface area contributed by atoms with E-state index in [-0.39, 0.29) is 24.4 Å². The van der Waals surface area contributed by atoms with Gasteiger partial charge >= 0.3 is 0 Å². The van der Waals surface area contributed by atoms with Crippen LogP contribution in [0.15, 0.2) is 24.3 Å². The summed E-state index contributed by atoms with van der Waals surface area (Å²) in [6.45, 7) is 3.92. The molecule has 1 aromatic rings. The van der Waals surface area contributed by atoms with Crippen molar-refractivity contribution >= 4 is 17.5 Å². The fourth-order valence-electron chi connectivity index (χ4n) is 2.28. The Hall–Kier alpha value is -2.08. The summed E-state index contributed by atoms with van der Waals surface area (Å²) in [6, 6.07) is 7.10. The number of fused-ring (bicyclic) bond motifs is 1. The van der Waals surface area contributed by atoms with Crippen LogP contribution in [0.4, 0.5) is 5.69 Å². The molecule has 1 aromatic carbocycles. The minimum Gasteiger partial charge on any atom is -0.479 e. The molecule has 114 valence electrons. The lowest BCUT2D eigenvalue weighted by Gasteiger charge is -2.32. The highest BCUT2D eigenvalue weighted by molar-refractivity contribution is 6.03. The normalized spacial score (nSPS) is 18.7. The fourth-order valence-corrected chi connectivity index (χ4v) is 2.28. The summed E-state index contributed by atoms with van der Waals surface area (Å²) in [7, 11) is 1.58. The van der Waals surface area contributed by atoms with Gasteiger partial charge < -0.3 is 14.8 Å². The summed E-state index contributed by atoms with van der Waals surface area (Å²) in [5, 5.41) is 2.80. The average molecular weight is 292 g/mol. The van der Waals surface area contributed by atoms with Gasteiger partial charge in [-0.25, -0.2) is 0 Å². The van der Waals surface area contributed by atoms with Crippen molar-refractivity contribution in [3.8, 4) is 5.75 Å². The van der Waals surface area contributed by atoms with Crippen LogP contribution in [0, 0.1) is 0 Å². The number of methoxy groups -OCH3 is 1. The molecule has 2 atom stereocenters. The Morgan fingerprint density at radius 1 is 1.48 bits per heavy atom. The van der Waals surface area contributed by atoms with Gasteiger partial charge in [-0.15, -0.1) is 0 Å². The van der Waals surface area contributed by atoms with Crippen LogP contribution >= 0.6 is 0 Å². The third-order valence-electron chi connectivity index (χ3n) is 3.20. The van der Waals surface area contributed by atoms with Crippen molar-refractivity contribution in [2.75, 3.05) is 25.2 Å². The van der Waals surface area contributed by atoms with E-state index in [4.69, 9.17) is 9.47 Å². The van der Waals surface area contributed by atoms with Crippen LogP contribution in [-0.2, 0) is 14.3 Å². The molecule has 6 nitrogen and oxygen atoms in total. The van der Waals surface area contributed by atoms with Crippen LogP contribution in [-0.4, -0.2) is 44.2 Å². The third-order valence-corrected chi connectivity index (χ3v) is 3.20. The number of ether oxygens (including phenoxy) is 2. The molecule has 0 fully saturated rings. The fraction of sp³-hybridized carbons (Fsp3) is 0.467. The molecule has 0 saturated carbocycles.